The number of aromatic amines is 2. The maximum atomic E-state index is 12.8. The van der Waals surface area contributed by atoms with Crippen molar-refractivity contribution in [2.45, 2.75) is 32.0 Å². The number of nitrogens with one attached hydrogen (secondary N) is 4. The highest BCUT2D eigenvalue weighted by Gasteiger charge is 2.15. The van der Waals surface area contributed by atoms with Crippen LogP contribution in [0, 0.1) is 0 Å². The van der Waals surface area contributed by atoms with Gasteiger partial charge >= 0.3 is 11.8 Å². The van der Waals surface area contributed by atoms with Crippen LogP contribution in [0.3, 0.4) is 0 Å². The first-order valence-corrected chi connectivity index (χ1v) is 14.9. The number of rotatable bonds is 11. The molecular formula is C35H33N5O6. The van der Waals surface area contributed by atoms with E-state index in [0.29, 0.717) is 48.1 Å². The van der Waals surface area contributed by atoms with Crippen molar-refractivity contribution in [1.82, 2.24) is 19.9 Å². The molecule has 11 heteroatoms. The maximum absolute atomic E-state index is 12.8. The van der Waals surface area contributed by atoms with Gasteiger partial charge < -0.3 is 30.6 Å². The number of H-pyrrole nitrogens is 2. The molecule has 0 saturated carbocycles. The molecular weight excluding hydrogens is 586 g/mol. The van der Waals surface area contributed by atoms with Crippen molar-refractivity contribution >= 4 is 33.7 Å². The molecule has 11 nitrogen and oxygen atoms in total. The number of fused-ring (bicyclic) bond motifs is 2. The summed E-state index contributed by atoms with van der Waals surface area (Å²) in [5, 5.41) is 36.6. The monoisotopic (exact) mass is 619 g/mol. The lowest BCUT2D eigenvalue weighted by molar-refractivity contribution is 0.176. The zero-order valence-electron chi connectivity index (χ0n) is 24.8. The second-order valence-electron chi connectivity index (χ2n) is 11.1. The van der Waals surface area contributed by atoms with Crippen LogP contribution in [-0.2, 0) is 19.5 Å². The highest BCUT2D eigenvalue weighted by Crippen LogP contribution is 2.30. The molecule has 2 aromatic heterocycles. The van der Waals surface area contributed by atoms with Crippen LogP contribution in [-0.4, -0.2) is 42.5 Å². The third-order valence-corrected chi connectivity index (χ3v) is 8.03. The van der Waals surface area contributed by atoms with Crippen LogP contribution in [0.4, 0.5) is 10.5 Å². The molecule has 6 rings (SSSR count). The van der Waals surface area contributed by atoms with E-state index < -0.39 is 12.2 Å². The third-order valence-electron chi connectivity index (χ3n) is 8.03. The molecule has 0 saturated heterocycles. The standard InChI is InChI=1S/C35H33N5O6/c41-30-14-11-25(26-12-15-32(43)39-33(26)30)31(42)20-36-19-22-9-13-29-28(18-22)37-34(44)40(29)16-4-5-21-8-10-24(23-6-2-1-3-7-23)27(17-21)38-35(45)46/h1-3,6-15,17-18,31,36,38,41-42H,4-5,16,19-20H2,(H,37,44)(H,39,43)(H,45,46)/t31-/m0/s1. The molecule has 0 radical (unpaired) electrons. The normalized spacial score (nSPS) is 12.0. The van der Waals surface area contributed by atoms with Gasteiger partial charge in [0.2, 0.25) is 5.56 Å². The number of anilines is 1. The average molecular weight is 620 g/mol. The number of pyridine rings is 1. The number of phenols is 1. The van der Waals surface area contributed by atoms with Crippen molar-refractivity contribution in [3.63, 3.8) is 0 Å². The lowest BCUT2D eigenvalue weighted by Gasteiger charge is -2.15. The van der Waals surface area contributed by atoms with E-state index in [1.807, 2.05) is 66.7 Å². The first kappa shape index (κ1) is 30.4. The lowest BCUT2D eigenvalue weighted by Crippen LogP contribution is -2.21. The Labute approximate surface area is 262 Å². The summed E-state index contributed by atoms with van der Waals surface area (Å²) < 4.78 is 1.70. The summed E-state index contributed by atoms with van der Waals surface area (Å²) in [6.07, 6.45) is -0.691. The summed E-state index contributed by atoms with van der Waals surface area (Å²) in [7, 11) is 0. The SMILES string of the molecule is O=C(O)Nc1cc(CCCn2c(=O)[nH]c3cc(CNC[C@H](O)c4ccc(O)c5[nH]c(=O)ccc45)ccc32)ccc1-c1ccccc1. The summed E-state index contributed by atoms with van der Waals surface area (Å²) >= 11 is 0. The second kappa shape index (κ2) is 13.1. The topological polar surface area (TPSA) is 172 Å². The van der Waals surface area contributed by atoms with Gasteiger partial charge in [-0.2, -0.15) is 0 Å². The maximum Gasteiger partial charge on any atom is 0.409 e. The molecule has 6 aromatic rings. The molecule has 0 aliphatic rings. The van der Waals surface area contributed by atoms with Crippen LogP contribution in [0.2, 0.25) is 0 Å². The van der Waals surface area contributed by atoms with Gasteiger partial charge in [-0.1, -0.05) is 54.6 Å². The molecule has 2 heterocycles. The quantitative estimate of drug-likeness (QED) is 0.106. The largest absolute Gasteiger partial charge is 0.506 e. The van der Waals surface area contributed by atoms with Crippen LogP contribution >= 0.6 is 0 Å². The fourth-order valence-electron chi connectivity index (χ4n) is 5.83. The van der Waals surface area contributed by atoms with Crippen LogP contribution < -0.4 is 21.9 Å². The van der Waals surface area contributed by atoms with Crippen LogP contribution in [0.15, 0.2) is 101 Å². The van der Waals surface area contributed by atoms with E-state index in [-0.39, 0.29) is 29.1 Å². The molecule has 0 spiro atoms. The Kier molecular flexibility index (Phi) is 8.68. The highest BCUT2D eigenvalue weighted by atomic mass is 16.4. The third kappa shape index (κ3) is 6.55. The number of aromatic hydroxyl groups is 1. The van der Waals surface area contributed by atoms with E-state index >= 15 is 0 Å². The van der Waals surface area contributed by atoms with Crippen molar-refractivity contribution in [3.8, 4) is 16.9 Å². The minimum absolute atomic E-state index is 0.0643. The molecule has 1 atom stereocenters. The van der Waals surface area contributed by atoms with Crippen LogP contribution in [0.5, 0.6) is 5.75 Å². The number of hydrogen-bond donors (Lipinski definition) is 7. The van der Waals surface area contributed by atoms with Gasteiger partial charge in [-0.15, -0.1) is 0 Å². The predicted molar refractivity (Wildman–Crippen MR) is 177 cm³/mol. The van der Waals surface area contributed by atoms with E-state index in [1.165, 1.54) is 12.1 Å². The van der Waals surface area contributed by atoms with Crippen LogP contribution in [0.25, 0.3) is 33.1 Å². The van der Waals surface area contributed by atoms with Crippen molar-refractivity contribution in [2.75, 3.05) is 11.9 Å². The van der Waals surface area contributed by atoms with E-state index in [0.717, 1.165) is 27.8 Å². The Balaban J connectivity index is 1.09. The summed E-state index contributed by atoms with van der Waals surface area (Å²) in [6, 6.07) is 27.1. The number of aliphatic hydroxyl groups is 1. The molecule has 1 amide bonds. The lowest BCUT2D eigenvalue weighted by atomic mass is 9.99. The Morgan fingerprint density at radius 2 is 1.70 bits per heavy atom. The number of imidazole rings is 1. The van der Waals surface area contributed by atoms with Gasteiger partial charge in [0.05, 0.1) is 28.3 Å². The zero-order valence-corrected chi connectivity index (χ0v) is 24.8. The van der Waals surface area contributed by atoms with E-state index in [1.54, 1.807) is 16.7 Å². The number of aromatic nitrogens is 3. The molecule has 0 aliphatic heterocycles. The van der Waals surface area contributed by atoms with Gasteiger partial charge in [0.15, 0.2) is 0 Å². The zero-order chi connectivity index (χ0) is 32.2. The number of amides is 1. The van der Waals surface area contributed by atoms with Gasteiger partial charge in [-0.3, -0.25) is 14.7 Å². The van der Waals surface area contributed by atoms with Gasteiger partial charge in [0.25, 0.3) is 0 Å². The molecule has 0 aliphatic carbocycles. The van der Waals surface area contributed by atoms with Crippen LogP contribution in [0.1, 0.15) is 29.2 Å². The smallest absolute Gasteiger partial charge is 0.409 e. The van der Waals surface area contributed by atoms with Crippen molar-refractivity contribution < 1.29 is 20.1 Å². The van der Waals surface area contributed by atoms with Crippen molar-refractivity contribution in [3.05, 3.63) is 129 Å². The molecule has 0 bridgehead atoms. The van der Waals surface area contributed by atoms with Gasteiger partial charge in [-0.25, -0.2) is 9.59 Å². The molecule has 46 heavy (non-hydrogen) atoms. The number of nitrogens with zero attached hydrogens (tertiary/aromatic N) is 1. The minimum atomic E-state index is -1.13. The first-order valence-electron chi connectivity index (χ1n) is 14.9. The average Bonchev–Trinajstić information content (AvgIpc) is 3.35. The van der Waals surface area contributed by atoms with Gasteiger partial charge in [-0.05, 0) is 65.4 Å². The molecule has 4 aromatic carbocycles. The van der Waals surface area contributed by atoms with Crippen molar-refractivity contribution in [1.29, 1.82) is 0 Å². The molecule has 234 valence electrons. The Bertz CT molecular complexity index is 2150. The Hall–Kier alpha value is -5.65. The number of aliphatic hydroxyl groups excluding tert-OH is 1. The number of aryl methyl sites for hydroxylation is 2. The Morgan fingerprint density at radius 1 is 0.891 bits per heavy atom. The van der Waals surface area contributed by atoms with Crippen molar-refractivity contribution in [2.24, 2.45) is 0 Å². The number of phenolic OH excluding ortho intramolecular Hbond substituents is 1. The highest BCUT2D eigenvalue weighted by molar-refractivity contribution is 5.91. The fraction of sp³-hybridized carbons (Fsp3) is 0.171. The van der Waals surface area contributed by atoms with Gasteiger partial charge in [0, 0.05) is 36.7 Å². The summed E-state index contributed by atoms with van der Waals surface area (Å²) in [4.78, 5) is 41.5. The van der Waals surface area contributed by atoms with E-state index in [2.05, 4.69) is 20.6 Å². The molecule has 0 unspecified atom stereocenters. The predicted octanol–water partition coefficient (Wildman–Crippen LogP) is 5.09. The number of benzene rings is 4. The second-order valence-corrected chi connectivity index (χ2v) is 11.1. The van der Waals surface area contributed by atoms with E-state index in [9.17, 15) is 29.7 Å². The number of carboxylic acid groups (broad SMARTS) is 1. The molecule has 7 N–H and O–H groups in total. The van der Waals surface area contributed by atoms with Gasteiger partial charge in [0.1, 0.15) is 5.75 Å². The minimum Gasteiger partial charge on any atom is -0.506 e. The summed E-state index contributed by atoms with van der Waals surface area (Å²) in [5.41, 5.74) is 5.91. The first-order chi connectivity index (χ1) is 22.3. The summed E-state index contributed by atoms with van der Waals surface area (Å²) in [5.74, 6) is -0.0643. The Morgan fingerprint density at radius 3 is 2.50 bits per heavy atom. The van der Waals surface area contributed by atoms with E-state index in [4.69, 9.17) is 0 Å². The summed E-state index contributed by atoms with van der Waals surface area (Å²) in [6.45, 7) is 1.15. The number of carbonyl (C=O) groups is 1. The molecule has 0 fully saturated rings. The fourth-order valence-corrected chi connectivity index (χ4v) is 5.83. The number of hydrogen-bond acceptors (Lipinski definition) is 6.